The standard InChI is InChI=1S/C23H42N2.C13H12/c1-5-17-24(8-4)20-10-9-11-22-12-14-23(15-13-22)16-21-25(18-6-2)19-7-3;1-10(2)12-9-5-7-11-6-3-4-8-13(11)12/h12-15H,5-11,16-21H2,1-4H3;3-9H,1H2,2H3. The van der Waals surface area contributed by atoms with Crippen molar-refractivity contribution in [1.29, 1.82) is 0 Å². The fraction of sp³-hybridized carbons (Fsp3) is 0.500. The van der Waals surface area contributed by atoms with Gasteiger partial charge in [0.25, 0.3) is 0 Å². The van der Waals surface area contributed by atoms with Crippen LogP contribution < -0.4 is 0 Å². The van der Waals surface area contributed by atoms with Gasteiger partial charge in [-0.15, -0.1) is 0 Å². The van der Waals surface area contributed by atoms with Crippen LogP contribution in [-0.4, -0.2) is 49.1 Å². The van der Waals surface area contributed by atoms with Gasteiger partial charge in [-0.05, 0) is 112 Å². The Morgan fingerprint density at radius 2 is 1.18 bits per heavy atom. The largest absolute Gasteiger partial charge is 0.304 e. The lowest BCUT2D eigenvalue weighted by Crippen LogP contribution is -2.27. The summed E-state index contributed by atoms with van der Waals surface area (Å²) in [4.78, 5) is 5.17. The van der Waals surface area contributed by atoms with Gasteiger partial charge in [-0.1, -0.05) is 107 Å². The molecule has 0 saturated heterocycles. The zero-order valence-corrected chi connectivity index (χ0v) is 25.1. The lowest BCUT2D eigenvalue weighted by atomic mass is 10.0. The maximum absolute atomic E-state index is 3.98. The van der Waals surface area contributed by atoms with Crippen LogP contribution in [0, 0.1) is 0 Å². The first-order valence-corrected chi connectivity index (χ1v) is 15.2. The van der Waals surface area contributed by atoms with E-state index in [1.54, 1.807) is 0 Å². The number of hydrogen-bond donors (Lipinski definition) is 0. The summed E-state index contributed by atoms with van der Waals surface area (Å²) in [5, 5.41) is 2.57. The molecule has 38 heavy (non-hydrogen) atoms. The van der Waals surface area contributed by atoms with Crippen molar-refractivity contribution in [2.45, 2.75) is 79.6 Å². The Balaban J connectivity index is 0.000000323. The van der Waals surface area contributed by atoms with E-state index in [9.17, 15) is 0 Å². The fourth-order valence-corrected chi connectivity index (χ4v) is 5.13. The van der Waals surface area contributed by atoms with Gasteiger partial charge in [0.15, 0.2) is 0 Å². The summed E-state index contributed by atoms with van der Waals surface area (Å²) in [6.45, 7) is 22.5. The molecule has 0 N–H and O–H groups in total. The minimum absolute atomic E-state index is 1.12. The van der Waals surface area contributed by atoms with E-state index in [1.165, 1.54) is 112 Å². The molecule has 0 heterocycles. The molecule has 2 nitrogen and oxygen atoms in total. The van der Waals surface area contributed by atoms with Gasteiger partial charge in [0, 0.05) is 6.54 Å². The summed E-state index contributed by atoms with van der Waals surface area (Å²) in [5.74, 6) is 0. The predicted molar refractivity (Wildman–Crippen MR) is 171 cm³/mol. The monoisotopic (exact) mass is 514 g/mol. The molecule has 0 unspecified atom stereocenters. The number of allylic oxidation sites excluding steroid dienone is 1. The number of nitrogens with zero attached hydrogens (tertiary/aromatic N) is 2. The van der Waals surface area contributed by atoms with E-state index in [-0.39, 0.29) is 0 Å². The highest BCUT2D eigenvalue weighted by Crippen LogP contribution is 2.23. The topological polar surface area (TPSA) is 6.48 Å². The van der Waals surface area contributed by atoms with Crippen molar-refractivity contribution in [3.8, 4) is 0 Å². The number of aryl methyl sites for hydroxylation is 1. The molecule has 0 amide bonds. The molecule has 0 atom stereocenters. The zero-order valence-electron chi connectivity index (χ0n) is 25.1. The second kappa shape index (κ2) is 18.8. The Labute approximate surface area is 234 Å². The maximum atomic E-state index is 3.98. The van der Waals surface area contributed by atoms with Gasteiger partial charge in [-0.3, -0.25) is 0 Å². The van der Waals surface area contributed by atoms with Gasteiger partial charge in [0.1, 0.15) is 0 Å². The quantitative estimate of drug-likeness (QED) is 0.176. The average Bonchev–Trinajstić information content (AvgIpc) is 2.94. The third kappa shape index (κ3) is 11.5. The summed E-state index contributed by atoms with van der Waals surface area (Å²) >= 11 is 0. The molecule has 0 bridgehead atoms. The highest BCUT2D eigenvalue weighted by Gasteiger charge is 2.04. The second-order valence-electron chi connectivity index (χ2n) is 10.6. The van der Waals surface area contributed by atoms with Crippen LogP contribution >= 0.6 is 0 Å². The summed E-state index contributed by atoms with van der Waals surface area (Å²) in [6, 6.07) is 24.1. The van der Waals surface area contributed by atoms with Crippen LogP contribution in [0.3, 0.4) is 0 Å². The number of benzene rings is 3. The Hall–Kier alpha value is -2.42. The number of unbranched alkanes of at least 4 members (excludes halogenated alkanes) is 1. The molecular formula is C36H54N2. The van der Waals surface area contributed by atoms with E-state index in [1.807, 2.05) is 6.92 Å². The van der Waals surface area contributed by atoms with Crippen molar-refractivity contribution in [3.63, 3.8) is 0 Å². The molecule has 0 radical (unpaired) electrons. The lowest BCUT2D eigenvalue weighted by Gasteiger charge is -2.20. The Kier molecular flexibility index (Phi) is 15.7. The summed E-state index contributed by atoms with van der Waals surface area (Å²) in [6.07, 6.45) is 8.81. The molecule has 0 spiro atoms. The van der Waals surface area contributed by atoms with E-state index in [4.69, 9.17) is 0 Å². The van der Waals surface area contributed by atoms with Crippen molar-refractivity contribution in [3.05, 3.63) is 90.0 Å². The molecule has 2 heteroatoms. The van der Waals surface area contributed by atoms with Gasteiger partial charge >= 0.3 is 0 Å². The summed E-state index contributed by atoms with van der Waals surface area (Å²) in [5.41, 5.74) is 5.36. The van der Waals surface area contributed by atoms with Gasteiger partial charge in [0.05, 0.1) is 0 Å². The van der Waals surface area contributed by atoms with Gasteiger partial charge in [0.2, 0.25) is 0 Å². The molecule has 0 aliphatic carbocycles. The molecule has 0 aliphatic rings. The van der Waals surface area contributed by atoms with Crippen LogP contribution in [0.4, 0.5) is 0 Å². The molecule has 3 aromatic carbocycles. The molecule has 3 rings (SSSR count). The molecule has 0 aliphatic heterocycles. The van der Waals surface area contributed by atoms with E-state index in [2.05, 4.69) is 111 Å². The van der Waals surface area contributed by atoms with Gasteiger partial charge in [-0.2, -0.15) is 0 Å². The first-order chi connectivity index (χ1) is 18.5. The van der Waals surface area contributed by atoms with E-state index in [0.717, 1.165) is 5.57 Å². The zero-order chi connectivity index (χ0) is 27.6. The van der Waals surface area contributed by atoms with Crippen molar-refractivity contribution < 1.29 is 0 Å². The second-order valence-corrected chi connectivity index (χ2v) is 10.6. The number of rotatable bonds is 16. The number of hydrogen-bond acceptors (Lipinski definition) is 2. The first-order valence-electron chi connectivity index (χ1n) is 15.2. The minimum Gasteiger partial charge on any atom is -0.304 e. The molecule has 0 aromatic heterocycles. The molecular weight excluding hydrogens is 460 g/mol. The van der Waals surface area contributed by atoms with E-state index in [0.29, 0.717) is 0 Å². The Bertz CT molecular complexity index is 1030. The maximum Gasteiger partial charge on any atom is 0.00218 e. The van der Waals surface area contributed by atoms with E-state index < -0.39 is 0 Å². The van der Waals surface area contributed by atoms with E-state index >= 15 is 0 Å². The fourth-order valence-electron chi connectivity index (χ4n) is 5.13. The van der Waals surface area contributed by atoms with Crippen molar-refractivity contribution in [1.82, 2.24) is 9.80 Å². The smallest absolute Gasteiger partial charge is 0.00218 e. The highest BCUT2D eigenvalue weighted by molar-refractivity contribution is 5.92. The minimum atomic E-state index is 1.12. The van der Waals surface area contributed by atoms with Crippen LogP contribution in [0.2, 0.25) is 0 Å². The highest BCUT2D eigenvalue weighted by atomic mass is 15.1. The molecule has 0 saturated carbocycles. The molecule has 3 aromatic rings. The van der Waals surface area contributed by atoms with Gasteiger partial charge < -0.3 is 9.80 Å². The summed E-state index contributed by atoms with van der Waals surface area (Å²) in [7, 11) is 0. The third-order valence-corrected chi connectivity index (χ3v) is 7.25. The van der Waals surface area contributed by atoms with Crippen molar-refractivity contribution in [2.75, 3.05) is 39.3 Å². The molecule has 208 valence electrons. The lowest BCUT2D eigenvalue weighted by molar-refractivity contribution is 0.278. The van der Waals surface area contributed by atoms with Gasteiger partial charge in [-0.25, -0.2) is 0 Å². The Morgan fingerprint density at radius 3 is 1.79 bits per heavy atom. The van der Waals surface area contributed by atoms with Crippen LogP contribution in [0.15, 0.2) is 73.3 Å². The Morgan fingerprint density at radius 1 is 0.605 bits per heavy atom. The SMILES string of the molecule is C=C(C)c1cccc2ccccc12.CCCN(CC)CCCCc1ccc(CCN(CCC)CCC)cc1. The van der Waals surface area contributed by atoms with Crippen LogP contribution in [0.5, 0.6) is 0 Å². The van der Waals surface area contributed by atoms with Crippen molar-refractivity contribution in [2.24, 2.45) is 0 Å². The van der Waals surface area contributed by atoms with Crippen LogP contribution in [0.25, 0.3) is 16.3 Å². The van der Waals surface area contributed by atoms with Crippen LogP contribution in [0.1, 0.15) is 83.4 Å². The first kappa shape index (κ1) is 31.8. The summed E-state index contributed by atoms with van der Waals surface area (Å²) < 4.78 is 0. The molecule has 0 fully saturated rings. The third-order valence-electron chi connectivity index (χ3n) is 7.25. The predicted octanol–water partition coefficient (Wildman–Crippen LogP) is 9.28. The average molecular weight is 515 g/mol. The normalized spacial score (nSPS) is 11.1. The number of fused-ring (bicyclic) bond motifs is 1. The van der Waals surface area contributed by atoms with Crippen LogP contribution in [-0.2, 0) is 12.8 Å². The van der Waals surface area contributed by atoms with Crippen molar-refractivity contribution >= 4 is 16.3 Å².